The summed E-state index contributed by atoms with van der Waals surface area (Å²) in [4.78, 5) is 3.71. The van der Waals surface area contributed by atoms with E-state index < -0.39 is 12.1 Å². The molecule has 0 spiro atoms. The Balaban J connectivity index is 3.18. The number of alkyl halides is 3. The van der Waals surface area contributed by atoms with E-state index in [4.69, 9.17) is 11.5 Å². The lowest BCUT2D eigenvalue weighted by Gasteiger charge is -2.14. The third-order valence-corrected chi connectivity index (χ3v) is 1.76. The number of aryl methyl sites for hydroxylation is 1. The van der Waals surface area contributed by atoms with Gasteiger partial charge in [-0.25, -0.2) is 0 Å². The number of nitrogens with two attached hydrogens (primary N) is 2. The highest BCUT2D eigenvalue weighted by Crippen LogP contribution is 2.32. The van der Waals surface area contributed by atoms with Crippen molar-refractivity contribution in [3.05, 3.63) is 17.5 Å². The van der Waals surface area contributed by atoms with Crippen molar-refractivity contribution in [3.63, 3.8) is 0 Å². The van der Waals surface area contributed by atoms with Gasteiger partial charge in [-0.1, -0.05) is 0 Å². The predicted octanol–water partition coefficient (Wildman–Crippen LogP) is 1.33. The van der Waals surface area contributed by atoms with E-state index in [1.165, 1.54) is 13.1 Å². The molecule has 4 N–H and O–H groups in total. The van der Waals surface area contributed by atoms with Crippen molar-refractivity contribution >= 4 is 5.69 Å². The molecule has 0 aromatic carbocycles. The summed E-state index contributed by atoms with van der Waals surface area (Å²) >= 11 is 0. The average Bonchev–Trinajstić information content (AvgIpc) is 2.11. The molecule has 0 saturated heterocycles. The van der Waals surface area contributed by atoms with E-state index in [0.717, 1.165) is 0 Å². The Hall–Kier alpha value is -1.50. The van der Waals surface area contributed by atoms with Crippen LogP contribution in [0.3, 0.4) is 0 Å². The summed E-state index contributed by atoms with van der Waals surface area (Å²) in [6.45, 7) is 1.36. The fourth-order valence-electron chi connectivity index (χ4n) is 1.01. The lowest BCUT2D eigenvalue weighted by atomic mass is 10.2. The van der Waals surface area contributed by atoms with Gasteiger partial charge in [0.25, 0.3) is 0 Å². The molecule has 84 valence electrons. The number of rotatable bonds is 2. The molecule has 1 heterocycles. The smallest absolute Gasteiger partial charge is 0.402 e. The first kappa shape index (κ1) is 11.6. The maximum Gasteiger partial charge on any atom is 0.573 e. The Labute approximate surface area is 84.0 Å². The van der Waals surface area contributed by atoms with E-state index in [-0.39, 0.29) is 17.9 Å². The summed E-state index contributed by atoms with van der Waals surface area (Å²) in [5, 5.41) is 0. The van der Waals surface area contributed by atoms with Gasteiger partial charge in [-0.05, 0) is 12.5 Å². The Morgan fingerprint density at radius 3 is 2.53 bits per heavy atom. The largest absolute Gasteiger partial charge is 0.573 e. The summed E-state index contributed by atoms with van der Waals surface area (Å²) in [5.74, 6) is -0.509. The number of hydrogen-bond donors (Lipinski definition) is 2. The standard InChI is InChI=1S/C8H10F3N3O/c1-4-3-14-5(2-12)7(6(4)13)15-8(9,10)11/h3H,2,12H2,1H3,(H2,13,14). The van der Waals surface area contributed by atoms with Crippen LogP contribution in [0.5, 0.6) is 5.75 Å². The number of hydrogen-bond acceptors (Lipinski definition) is 4. The molecule has 0 saturated carbocycles. The van der Waals surface area contributed by atoms with Gasteiger partial charge in [0.05, 0.1) is 11.4 Å². The van der Waals surface area contributed by atoms with E-state index in [9.17, 15) is 13.2 Å². The van der Waals surface area contributed by atoms with E-state index in [2.05, 4.69) is 9.72 Å². The number of pyridine rings is 1. The molecule has 0 amide bonds. The first-order valence-electron chi connectivity index (χ1n) is 4.05. The molecule has 0 aliphatic heterocycles. The third-order valence-electron chi connectivity index (χ3n) is 1.76. The summed E-state index contributed by atoms with van der Waals surface area (Å²) in [5.41, 5.74) is 11.0. The normalized spacial score (nSPS) is 11.5. The van der Waals surface area contributed by atoms with E-state index in [0.29, 0.717) is 5.56 Å². The molecule has 1 aromatic heterocycles. The molecule has 0 radical (unpaired) electrons. The first-order valence-corrected chi connectivity index (χ1v) is 4.05. The lowest BCUT2D eigenvalue weighted by Crippen LogP contribution is -2.20. The molecular formula is C8H10F3N3O. The molecule has 0 bridgehead atoms. The van der Waals surface area contributed by atoms with Gasteiger partial charge >= 0.3 is 6.36 Å². The first-order chi connectivity index (χ1) is 6.85. The van der Waals surface area contributed by atoms with Crippen molar-refractivity contribution in [2.24, 2.45) is 5.73 Å². The maximum atomic E-state index is 12.0. The molecule has 1 rings (SSSR count). The Bertz CT molecular complexity index is 365. The second kappa shape index (κ2) is 3.93. The Morgan fingerprint density at radius 2 is 2.07 bits per heavy atom. The van der Waals surface area contributed by atoms with Gasteiger partial charge in [0.2, 0.25) is 0 Å². The Kier molecular flexibility index (Phi) is 3.04. The van der Waals surface area contributed by atoms with Crippen molar-refractivity contribution in [2.45, 2.75) is 19.8 Å². The van der Waals surface area contributed by atoms with Crippen LogP contribution in [-0.2, 0) is 6.54 Å². The van der Waals surface area contributed by atoms with Gasteiger partial charge in [0.1, 0.15) is 0 Å². The summed E-state index contributed by atoms with van der Waals surface area (Å²) < 4.78 is 39.8. The highest BCUT2D eigenvalue weighted by molar-refractivity contribution is 5.59. The monoisotopic (exact) mass is 221 g/mol. The molecular weight excluding hydrogens is 211 g/mol. The van der Waals surface area contributed by atoms with E-state index in [1.807, 2.05) is 0 Å². The minimum absolute atomic E-state index is 0.0181. The molecule has 0 unspecified atom stereocenters. The number of halogens is 3. The number of anilines is 1. The van der Waals surface area contributed by atoms with Gasteiger partial charge in [-0.3, -0.25) is 4.98 Å². The topological polar surface area (TPSA) is 74.2 Å². The predicted molar refractivity (Wildman–Crippen MR) is 48.0 cm³/mol. The quantitative estimate of drug-likeness (QED) is 0.790. The Morgan fingerprint density at radius 1 is 1.47 bits per heavy atom. The molecule has 0 atom stereocenters. The van der Waals surface area contributed by atoms with Crippen molar-refractivity contribution in [1.29, 1.82) is 0 Å². The van der Waals surface area contributed by atoms with Gasteiger partial charge in [0.15, 0.2) is 5.75 Å². The van der Waals surface area contributed by atoms with Gasteiger partial charge in [-0.15, -0.1) is 13.2 Å². The van der Waals surface area contributed by atoms with Crippen molar-refractivity contribution in [3.8, 4) is 5.75 Å². The molecule has 0 fully saturated rings. The van der Waals surface area contributed by atoms with Crippen molar-refractivity contribution in [2.75, 3.05) is 5.73 Å². The van der Waals surface area contributed by atoms with Gasteiger partial charge in [0, 0.05) is 12.7 Å². The van der Waals surface area contributed by atoms with Crippen molar-refractivity contribution < 1.29 is 17.9 Å². The zero-order valence-corrected chi connectivity index (χ0v) is 7.93. The number of nitrogen functional groups attached to an aromatic ring is 1. The molecule has 0 aliphatic rings. The SMILES string of the molecule is Cc1cnc(CN)c(OC(F)(F)F)c1N. The minimum atomic E-state index is -4.80. The van der Waals surface area contributed by atoms with Crippen LogP contribution in [0.2, 0.25) is 0 Å². The molecule has 4 nitrogen and oxygen atoms in total. The number of aromatic nitrogens is 1. The molecule has 7 heteroatoms. The molecule has 15 heavy (non-hydrogen) atoms. The maximum absolute atomic E-state index is 12.0. The summed E-state index contributed by atoms with van der Waals surface area (Å²) in [6, 6.07) is 0. The lowest BCUT2D eigenvalue weighted by molar-refractivity contribution is -0.274. The van der Waals surface area contributed by atoms with Crippen LogP contribution < -0.4 is 16.2 Å². The van der Waals surface area contributed by atoms with Crippen LogP contribution in [0.1, 0.15) is 11.3 Å². The fraction of sp³-hybridized carbons (Fsp3) is 0.375. The van der Waals surface area contributed by atoms with E-state index in [1.54, 1.807) is 0 Å². The van der Waals surface area contributed by atoms with Crippen LogP contribution >= 0.6 is 0 Å². The third kappa shape index (κ3) is 2.72. The van der Waals surface area contributed by atoms with Crippen LogP contribution in [0, 0.1) is 6.92 Å². The minimum Gasteiger partial charge on any atom is -0.402 e. The van der Waals surface area contributed by atoms with Crippen LogP contribution in [-0.4, -0.2) is 11.3 Å². The zero-order chi connectivity index (χ0) is 11.6. The zero-order valence-electron chi connectivity index (χ0n) is 7.93. The highest BCUT2D eigenvalue weighted by atomic mass is 19.4. The fourth-order valence-corrected chi connectivity index (χ4v) is 1.01. The second-order valence-corrected chi connectivity index (χ2v) is 2.88. The van der Waals surface area contributed by atoms with Gasteiger partial charge < -0.3 is 16.2 Å². The van der Waals surface area contributed by atoms with Gasteiger partial charge in [-0.2, -0.15) is 0 Å². The molecule has 0 aliphatic carbocycles. The summed E-state index contributed by atoms with van der Waals surface area (Å²) in [7, 11) is 0. The van der Waals surface area contributed by atoms with E-state index >= 15 is 0 Å². The average molecular weight is 221 g/mol. The summed E-state index contributed by atoms with van der Waals surface area (Å²) in [6.07, 6.45) is -3.45. The van der Waals surface area contributed by atoms with Crippen LogP contribution in [0.4, 0.5) is 18.9 Å². The van der Waals surface area contributed by atoms with Crippen LogP contribution in [0.15, 0.2) is 6.20 Å². The number of nitrogens with zero attached hydrogens (tertiary/aromatic N) is 1. The second-order valence-electron chi connectivity index (χ2n) is 2.88. The highest BCUT2D eigenvalue weighted by Gasteiger charge is 2.33. The van der Waals surface area contributed by atoms with Crippen molar-refractivity contribution in [1.82, 2.24) is 4.98 Å². The van der Waals surface area contributed by atoms with Crippen LogP contribution in [0.25, 0.3) is 0 Å². The number of ether oxygens (including phenoxy) is 1. The molecule has 1 aromatic rings.